The minimum absolute atomic E-state index is 0.265. The van der Waals surface area contributed by atoms with Crippen molar-refractivity contribution in [3.8, 4) is 0 Å². The number of nitrogen functional groups attached to an aromatic ring is 1. The van der Waals surface area contributed by atoms with Crippen molar-refractivity contribution in [2.24, 2.45) is 0 Å². The molecule has 76 valence electrons. The topological polar surface area (TPSA) is 42.2 Å². The van der Waals surface area contributed by atoms with Crippen LogP contribution in [0.25, 0.3) is 0 Å². The van der Waals surface area contributed by atoms with Crippen LogP contribution < -0.4 is 10.6 Å². The van der Waals surface area contributed by atoms with Crippen LogP contribution in [-0.2, 0) is 0 Å². The van der Waals surface area contributed by atoms with Gasteiger partial charge in [0.25, 0.3) is 0 Å². The first-order chi connectivity index (χ1) is 12.6. The van der Waals surface area contributed by atoms with Gasteiger partial charge in [0.1, 0.15) is 0 Å². The number of piperidine rings is 1. The van der Waals surface area contributed by atoms with Gasteiger partial charge in [-0.05, 0) is 38.1 Å². The zero-order valence-electron chi connectivity index (χ0n) is 22.0. The molecule has 1 unspecified atom stereocenters. The molecule has 14 heavy (non-hydrogen) atoms. The maximum absolute atomic E-state index is 8.43. The van der Waals surface area contributed by atoms with Gasteiger partial charge in [-0.15, -0.1) is 0 Å². The first kappa shape index (κ1) is 2.13. The third-order valence-electron chi connectivity index (χ3n) is 1.50. The molecule has 1 atom stereocenters. The van der Waals surface area contributed by atoms with Crippen LogP contribution in [0.15, 0.2) is 18.3 Å². The van der Waals surface area contributed by atoms with E-state index in [1.807, 2.05) is 0 Å². The van der Waals surface area contributed by atoms with E-state index in [0.29, 0.717) is 0 Å². The van der Waals surface area contributed by atoms with E-state index in [4.69, 9.17) is 26.3 Å². The standard InChI is InChI=1S/C11H17N3/c1-9-5-2-3-8-14(9)11-10(12)6-4-7-13-11/h4,6-7,9H,2-3,5,8,12H2,1H3/i1D3,2D2,3D2,4D,5D2,6D,7D,8D2,9D. The highest BCUT2D eigenvalue weighted by Crippen LogP contribution is 2.26. The molecule has 3 nitrogen and oxygen atoms in total. The molecule has 1 aromatic rings. The second-order valence-electron chi connectivity index (χ2n) is 2.38. The molecule has 1 aliphatic rings. The summed E-state index contributed by atoms with van der Waals surface area (Å²) in [6.45, 7) is -7.49. The first-order valence-electron chi connectivity index (χ1n) is 11.2. The maximum atomic E-state index is 8.43. The SMILES string of the molecule is [2H]c1nc(N2C([2H])([2H])C([2H])([2H])C([2H])([2H])C([2H])([2H])C2([2H])C([2H])([2H])[2H])c(N)c([2H])c1[2H]. The lowest BCUT2D eigenvalue weighted by molar-refractivity contribution is 0.482. The quantitative estimate of drug-likeness (QED) is 0.764. The molecule has 1 aromatic heterocycles. The third-order valence-corrected chi connectivity index (χ3v) is 1.50. The number of nitrogens with zero attached hydrogens (tertiary/aromatic N) is 2. The van der Waals surface area contributed by atoms with Gasteiger partial charge in [0.2, 0.25) is 0 Å². The Morgan fingerprint density at radius 1 is 1.86 bits per heavy atom. The van der Waals surface area contributed by atoms with E-state index in [9.17, 15) is 0 Å². The average molecular weight is 206 g/mol. The fourth-order valence-corrected chi connectivity index (χ4v) is 0.908. The van der Waals surface area contributed by atoms with Crippen molar-refractivity contribution in [3.63, 3.8) is 0 Å². The minimum Gasteiger partial charge on any atom is -0.396 e. The van der Waals surface area contributed by atoms with Gasteiger partial charge in [0.05, 0.1) is 11.2 Å². The average Bonchev–Trinajstić information content (AvgIpc) is 2.54. The highest BCUT2D eigenvalue weighted by atomic mass is 15.2. The van der Waals surface area contributed by atoms with Crippen LogP contribution in [0.1, 0.15) is 46.5 Å². The molecule has 0 radical (unpaired) electrons. The normalized spacial score (nSPS) is 58.6. The second kappa shape index (κ2) is 3.86. The Morgan fingerprint density at radius 3 is 3.64 bits per heavy atom. The van der Waals surface area contributed by atoms with Crippen molar-refractivity contribution in [1.29, 1.82) is 0 Å². The van der Waals surface area contributed by atoms with Gasteiger partial charge in [-0.2, -0.15) is 0 Å². The maximum Gasteiger partial charge on any atom is 0.151 e. The van der Waals surface area contributed by atoms with Crippen molar-refractivity contribution in [3.05, 3.63) is 18.3 Å². The summed E-state index contributed by atoms with van der Waals surface area (Å²) in [5.74, 6) is -1.12. The molecule has 0 amide bonds. The Balaban J connectivity index is 3.09. The van der Waals surface area contributed by atoms with Crippen LogP contribution in [0, 0.1) is 0 Å². The van der Waals surface area contributed by atoms with E-state index in [1.165, 1.54) is 0 Å². The second-order valence-corrected chi connectivity index (χ2v) is 2.38. The molecule has 1 saturated heterocycles. The summed E-state index contributed by atoms with van der Waals surface area (Å²) < 4.78 is 118. The molecule has 0 saturated carbocycles. The molecule has 2 rings (SSSR count). The van der Waals surface area contributed by atoms with E-state index in [0.717, 1.165) is 0 Å². The van der Waals surface area contributed by atoms with Crippen LogP contribution in [0.4, 0.5) is 11.5 Å². The van der Waals surface area contributed by atoms with Crippen LogP contribution in [0.2, 0.25) is 0 Å². The Bertz CT molecular complexity index is 847. The smallest absolute Gasteiger partial charge is 0.151 e. The molecule has 1 aliphatic heterocycles. The highest BCUT2D eigenvalue weighted by molar-refractivity contribution is 5.62. The Morgan fingerprint density at radius 2 is 2.79 bits per heavy atom. The van der Waals surface area contributed by atoms with Crippen molar-refractivity contribution >= 4 is 11.5 Å². The number of hydrogen-bond acceptors (Lipinski definition) is 3. The summed E-state index contributed by atoms with van der Waals surface area (Å²) in [5, 5.41) is 0. The van der Waals surface area contributed by atoms with Gasteiger partial charge in [-0.25, -0.2) is 4.98 Å². The van der Waals surface area contributed by atoms with Gasteiger partial charge in [0, 0.05) is 33.8 Å². The summed E-state index contributed by atoms with van der Waals surface area (Å²) >= 11 is 0. The number of hydrogen-bond donors (Lipinski definition) is 1. The number of nitrogens with two attached hydrogens (primary N) is 1. The van der Waals surface area contributed by atoms with Crippen LogP contribution in [0.3, 0.4) is 0 Å². The van der Waals surface area contributed by atoms with Gasteiger partial charge in [-0.1, -0.05) is 0 Å². The summed E-state index contributed by atoms with van der Waals surface area (Å²) in [7, 11) is 0. The summed E-state index contributed by atoms with van der Waals surface area (Å²) in [5.41, 5.74) is 4.76. The zero-order valence-corrected chi connectivity index (χ0v) is 6.97. The highest BCUT2D eigenvalue weighted by Gasteiger charge is 2.20. The fourth-order valence-electron chi connectivity index (χ4n) is 0.908. The Hall–Kier alpha value is -1.25. The Kier molecular flexibility index (Phi) is 0.588. The van der Waals surface area contributed by atoms with Crippen molar-refractivity contribution in [2.45, 2.75) is 32.0 Å². The zero-order chi connectivity index (χ0) is 23.2. The summed E-state index contributed by atoms with van der Waals surface area (Å²) in [6.07, 6.45) is -12.4. The molecule has 2 N–H and O–H groups in total. The van der Waals surface area contributed by atoms with E-state index in [1.54, 1.807) is 0 Å². The molecule has 0 aliphatic carbocycles. The molecule has 0 spiro atoms. The van der Waals surface area contributed by atoms with Crippen molar-refractivity contribution < 1.29 is 20.6 Å². The number of rotatable bonds is 1. The van der Waals surface area contributed by atoms with Gasteiger partial charge >= 0.3 is 0 Å². The fraction of sp³-hybridized carbons (Fsp3) is 0.545. The van der Waals surface area contributed by atoms with E-state index >= 15 is 0 Å². The van der Waals surface area contributed by atoms with Crippen LogP contribution in [-0.4, -0.2) is 17.5 Å². The lowest BCUT2D eigenvalue weighted by Gasteiger charge is -2.34. The summed E-state index contributed by atoms with van der Waals surface area (Å²) in [6, 6.07) is -5.52. The van der Waals surface area contributed by atoms with Crippen molar-refractivity contribution in [2.75, 3.05) is 17.1 Å². The molecule has 2 heterocycles. The molecule has 0 aromatic carbocycles. The lowest BCUT2D eigenvalue weighted by Crippen LogP contribution is -2.38. The lowest BCUT2D eigenvalue weighted by atomic mass is 10.0. The monoisotopic (exact) mass is 206 g/mol. The van der Waals surface area contributed by atoms with Gasteiger partial charge < -0.3 is 10.6 Å². The third kappa shape index (κ3) is 1.67. The molecule has 1 fully saturated rings. The van der Waals surface area contributed by atoms with Gasteiger partial charge in [0.15, 0.2) is 5.82 Å². The van der Waals surface area contributed by atoms with E-state index < -0.39 is 68.2 Å². The molecular weight excluding hydrogens is 174 g/mol. The van der Waals surface area contributed by atoms with Crippen LogP contribution in [0.5, 0.6) is 0 Å². The van der Waals surface area contributed by atoms with E-state index in [-0.39, 0.29) is 4.90 Å². The Labute approximate surface area is 106 Å². The molecule has 3 heteroatoms. The predicted molar refractivity (Wildman–Crippen MR) is 59.3 cm³/mol. The first-order valence-corrected chi connectivity index (χ1v) is 3.66. The van der Waals surface area contributed by atoms with Crippen LogP contribution >= 0.6 is 0 Å². The molecular formula is C11H17N3. The number of anilines is 2. The molecule has 0 bridgehead atoms. The predicted octanol–water partition coefficient (Wildman–Crippen LogP) is 2.04. The number of aromatic nitrogens is 1. The van der Waals surface area contributed by atoms with E-state index in [2.05, 4.69) is 4.98 Å². The van der Waals surface area contributed by atoms with Gasteiger partial charge in [-0.3, -0.25) is 0 Å². The minimum atomic E-state index is -3.86. The largest absolute Gasteiger partial charge is 0.396 e. The van der Waals surface area contributed by atoms with Crippen molar-refractivity contribution in [1.82, 2.24) is 4.98 Å². The summed E-state index contributed by atoms with van der Waals surface area (Å²) in [4.78, 5) is 3.17. The number of pyridine rings is 1.